The van der Waals surface area contributed by atoms with Crippen LogP contribution in [0.3, 0.4) is 0 Å². The van der Waals surface area contributed by atoms with Crippen LogP contribution in [-0.4, -0.2) is 48.4 Å². The Kier molecular flexibility index (Phi) is 4.60. The summed E-state index contributed by atoms with van der Waals surface area (Å²) < 4.78 is 0. The van der Waals surface area contributed by atoms with E-state index in [2.05, 4.69) is 16.4 Å². The number of piperidine rings is 1. The van der Waals surface area contributed by atoms with Crippen molar-refractivity contribution in [2.75, 3.05) is 32.7 Å². The number of hydrogen-bond acceptors (Lipinski definition) is 2. The van der Waals surface area contributed by atoms with Crippen LogP contribution in [0.5, 0.6) is 0 Å². The highest BCUT2D eigenvalue weighted by Gasteiger charge is 2.24. The Balaban J connectivity index is 1.70. The number of rotatable bonds is 4. The lowest BCUT2D eigenvalue weighted by molar-refractivity contribution is -0.131. The summed E-state index contributed by atoms with van der Waals surface area (Å²) in [5.74, 6) is 1.01. The lowest BCUT2D eigenvalue weighted by atomic mass is 9.93. The van der Waals surface area contributed by atoms with Gasteiger partial charge in [0.2, 0.25) is 5.91 Å². The number of hydrogen-bond donors (Lipinski definition) is 0. The minimum atomic E-state index is 0.393. The molecule has 0 unspecified atom stereocenters. The van der Waals surface area contributed by atoms with E-state index < -0.39 is 0 Å². The van der Waals surface area contributed by atoms with Gasteiger partial charge in [-0.1, -0.05) is 6.08 Å². The van der Waals surface area contributed by atoms with Crippen LogP contribution < -0.4 is 0 Å². The third kappa shape index (κ3) is 3.56. The third-order valence-electron chi connectivity index (χ3n) is 4.02. The molecule has 0 aromatic heterocycles. The quantitative estimate of drug-likeness (QED) is 0.696. The number of amides is 1. The molecule has 2 aliphatic rings. The molecular weight excluding hydrogens is 212 g/mol. The Hall–Kier alpha value is -0.830. The molecule has 0 aromatic carbocycles. The standard InChI is InChI=1S/C14H24N2O/c1-2-7-15-10-5-13(6-11-15)12-14(17)16-8-3-4-9-16/h2,13H,1,3-12H2. The van der Waals surface area contributed by atoms with E-state index in [4.69, 9.17) is 0 Å². The molecule has 3 heteroatoms. The van der Waals surface area contributed by atoms with Gasteiger partial charge >= 0.3 is 0 Å². The molecule has 0 N–H and O–H groups in total. The van der Waals surface area contributed by atoms with Gasteiger partial charge in [-0.15, -0.1) is 6.58 Å². The maximum atomic E-state index is 12.0. The Bertz CT molecular complexity index is 263. The van der Waals surface area contributed by atoms with E-state index in [1.165, 1.54) is 25.7 Å². The Morgan fingerprint density at radius 3 is 2.41 bits per heavy atom. The molecule has 0 bridgehead atoms. The normalized spacial score (nSPS) is 22.9. The molecule has 17 heavy (non-hydrogen) atoms. The Morgan fingerprint density at radius 2 is 1.82 bits per heavy atom. The summed E-state index contributed by atoms with van der Waals surface area (Å²) in [6, 6.07) is 0. The summed E-state index contributed by atoms with van der Waals surface area (Å²) >= 11 is 0. The molecule has 0 aliphatic carbocycles. The van der Waals surface area contributed by atoms with E-state index in [-0.39, 0.29) is 0 Å². The minimum absolute atomic E-state index is 0.393. The number of carbonyl (C=O) groups excluding carboxylic acids is 1. The van der Waals surface area contributed by atoms with Crippen molar-refractivity contribution in [3.05, 3.63) is 12.7 Å². The van der Waals surface area contributed by atoms with Crippen molar-refractivity contribution >= 4 is 5.91 Å². The lowest BCUT2D eigenvalue weighted by Crippen LogP contribution is -2.36. The zero-order chi connectivity index (χ0) is 12.1. The maximum Gasteiger partial charge on any atom is 0.222 e. The Labute approximate surface area is 104 Å². The summed E-state index contributed by atoms with van der Waals surface area (Å²) in [6.45, 7) is 9.01. The molecule has 0 saturated carbocycles. The second-order valence-corrected chi connectivity index (χ2v) is 5.32. The van der Waals surface area contributed by atoms with Crippen molar-refractivity contribution in [3.8, 4) is 0 Å². The van der Waals surface area contributed by atoms with Gasteiger partial charge in [-0.05, 0) is 44.7 Å². The monoisotopic (exact) mass is 236 g/mol. The summed E-state index contributed by atoms with van der Waals surface area (Å²) in [4.78, 5) is 16.5. The van der Waals surface area contributed by atoms with E-state index in [1.807, 2.05) is 6.08 Å². The second kappa shape index (κ2) is 6.20. The van der Waals surface area contributed by atoms with Crippen LogP contribution in [0.1, 0.15) is 32.1 Å². The fourth-order valence-electron chi connectivity index (χ4n) is 2.90. The van der Waals surface area contributed by atoms with E-state index >= 15 is 0 Å². The Morgan fingerprint density at radius 1 is 1.18 bits per heavy atom. The zero-order valence-corrected chi connectivity index (χ0v) is 10.7. The molecule has 2 fully saturated rings. The maximum absolute atomic E-state index is 12.0. The van der Waals surface area contributed by atoms with Crippen LogP contribution in [0.25, 0.3) is 0 Å². The topological polar surface area (TPSA) is 23.6 Å². The van der Waals surface area contributed by atoms with Gasteiger partial charge in [0.1, 0.15) is 0 Å². The van der Waals surface area contributed by atoms with E-state index in [0.29, 0.717) is 11.8 Å². The van der Waals surface area contributed by atoms with E-state index in [9.17, 15) is 4.79 Å². The highest BCUT2D eigenvalue weighted by atomic mass is 16.2. The summed E-state index contributed by atoms with van der Waals surface area (Å²) in [7, 11) is 0. The summed E-state index contributed by atoms with van der Waals surface area (Å²) in [5.41, 5.74) is 0. The third-order valence-corrected chi connectivity index (χ3v) is 4.02. The first-order valence-corrected chi connectivity index (χ1v) is 6.90. The van der Waals surface area contributed by atoms with Gasteiger partial charge in [-0.3, -0.25) is 9.69 Å². The smallest absolute Gasteiger partial charge is 0.222 e. The molecule has 3 nitrogen and oxygen atoms in total. The number of likely N-dealkylation sites (tertiary alicyclic amines) is 2. The molecule has 1 amide bonds. The van der Waals surface area contributed by atoms with Crippen molar-refractivity contribution in [2.45, 2.75) is 32.1 Å². The minimum Gasteiger partial charge on any atom is -0.343 e. The van der Waals surface area contributed by atoms with Gasteiger partial charge in [-0.25, -0.2) is 0 Å². The first kappa shape index (κ1) is 12.6. The van der Waals surface area contributed by atoms with Crippen molar-refractivity contribution in [3.63, 3.8) is 0 Å². The lowest BCUT2D eigenvalue weighted by Gasteiger charge is -2.31. The average molecular weight is 236 g/mol. The van der Waals surface area contributed by atoms with Crippen LogP contribution in [0.2, 0.25) is 0 Å². The summed E-state index contributed by atoms with van der Waals surface area (Å²) in [6.07, 6.45) is 7.49. The molecule has 0 spiro atoms. The first-order chi connectivity index (χ1) is 8.29. The molecule has 2 heterocycles. The largest absolute Gasteiger partial charge is 0.343 e. The van der Waals surface area contributed by atoms with Crippen LogP contribution in [0, 0.1) is 5.92 Å². The van der Waals surface area contributed by atoms with Gasteiger partial charge in [0.05, 0.1) is 0 Å². The molecular formula is C14H24N2O. The van der Waals surface area contributed by atoms with E-state index in [0.717, 1.165) is 39.1 Å². The van der Waals surface area contributed by atoms with Gasteiger partial charge in [0.25, 0.3) is 0 Å². The van der Waals surface area contributed by atoms with Crippen LogP contribution in [0.4, 0.5) is 0 Å². The van der Waals surface area contributed by atoms with Crippen molar-refractivity contribution in [2.24, 2.45) is 5.92 Å². The van der Waals surface area contributed by atoms with Crippen molar-refractivity contribution < 1.29 is 4.79 Å². The van der Waals surface area contributed by atoms with Crippen molar-refractivity contribution in [1.29, 1.82) is 0 Å². The van der Waals surface area contributed by atoms with Crippen LogP contribution in [0.15, 0.2) is 12.7 Å². The predicted molar refractivity (Wildman–Crippen MR) is 69.8 cm³/mol. The van der Waals surface area contributed by atoms with E-state index in [1.54, 1.807) is 0 Å². The van der Waals surface area contributed by atoms with Crippen molar-refractivity contribution in [1.82, 2.24) is 9.80 Å². The fraction of sp³-hybridized carbons (Fsp3) is 0.786. The highest BCUT2D eigenvalue weighted by Crippen LogP contribution is 2.22. The van der Waals surface area contributed by atoms with Crippen LogP contribution >= 0.6 is 0 Å². The molecule has 2 saturated heterocycles. The molecule has 0 atom stereocenters. The van der Waals surface area contributed by atoms with Gasteiger partial charge < -0.3 is 4.90 Å². The number of nitrogens with zero attached hydrogens (tertiary/aromatic N) is 2. The van der Waals surface area contributed by atoms with Gasteiger partial charge in [0, 0.05) is 26.1 Å². The molecule has 0 radical (unpaired) electrons. The molecule has 0 aromatic rings. The van der Waals surface area contributed by atoms with Crippen LogP contribution in [-0.2, 0) is 4.79 Å². The number of carbonyl (C=O) groups is 1. The summed E-state index contributed by atoms with van der Waals surface area (Å²) in [5, 5.41) is 0. The fourth-order valence-corrected chi connectivity index (χ4v) is 2.90. The predicted octanol–water partition coefficient (Wildman–Crippen LogP) is 1.90. The second-order valence-electron chi connectivity index (χ2n) is 5.32. The van der Waals surface area contributed by atoms with Gasteiger partial charge in [0.15, 0.2) is 0 Å². The highest BCUT2D eigenvalue weighted by molar-refractivity contribution is 5.76. The average Bonchev–Trinajstić information content (AvgIpc) is 2.86. The molecule has 96 valence electrons. The SMILES string of the molecule is C=CCN1CCC(CC(=O)N2CCCC2)CC1. The first-order valence-electron chi connectivity index (χ1n) is 6.90. The zero-order valence-electron chi connectivity index (χ0n) is 10.7. The molecule has 2 aliphatic heterocycles. The van der Waals surface area contributed by atoms with Gasteiger partial charge in [-0.2, -0.15) is 0 Å². The molecule has 2 rings (SSSR count).